The van der Waals surface area contributed by atoms with E-state index in [1.54, 1.807) is 12.4 Å². The quantitative estimate of drug-likeness (QED) is 0.857. The highest BCUT2D eigenvalue weighted by molar-refractivity contribution is 5.93. The number of hydrogen-bond acceptors (Lipinski definition) is 3. The van der Waals surface area contributed by atoms with E-state index in [1.165, 1.54) is 0 Å². The molecule has 2 fully saturated rings. The molecule has 4 nitrogen and oxygen atoms in total. The first-order valence-electron chi connectivity index (χ1n) is 6.24. The fourth-order valence-corrected chi connectivity index (χ4v) is 2.89. The summed E-state index contributed by atoms with van der Waals surface area (Å²) in [5, 5.41) is 3.41. The fraction of sp³-hybridized carbons (Fsp3) is 0.538. The number of pyridine rings is 1. The third-order valence-corrected chi connectivity index (χ3v) is 3.90. The predicted octanol–water partition coefficient (Wildman–Crippen LogP) is 1.61. The molecule has 0 saturated carbocycles. The third kappa shape index (κ3) is 3.38. The number of rotatable bonds is 1. The number of hydrogen-bond donors (Lipinski definition) is 1. The highest BCUT2D eigenvalue weighted by Gasteiger charge is 2.34. The maximum atomic E-state index is 12.3. The summed E-state index contributed by atoms with van der Waals surface area (Å²) in [5.41, 5.74) is 0.705. The zero-order valence-corrected chi connectivity index (χ0v) is 12.3. The normalized spacial score (nSPS) is 24.9. The van der Waals surface area contributed by atoms with Crippen molar-refractivity contribution >= 4 is 30.7 Å². The van der Waals surface area contributed by atoms with Crippen LogP contribution in [0.2, 0.25) is 0 Å². The summed E-state index contributed by atoms with van der Waals surface area (Å²) in [5.74, 6) is 1.54. The Morgan fingerprint density at radius 1 is 1.32 bits per heavy atom. The molecule has 0 spiro atoms. The second kappa shape index (κ2) is 7.08. The second-order valence-electron chi connectivity index (χ2n) is 4.96. The number of likely N-dealkylation sites (tertiary alicyclic amines) is 1. The van der Waals surface area contributed by atoms with Gasteiger partial charge in [0.1, 0.15) is 0 Å². The first-order valence-corrected chi connectivity index (χ1v) is 6.24. The lowest BCUT2D eigenvalue weighted by Gasteiger charge is -2.34. The fourth-order valence-electron chi connectivity index (χ4n) is 2.89. The van der Waals surface area contributed by atoms with Crippen LogP contribution >= 0.6 is 24.8 Å². The standard InChI is InChI=1S/C13H17N3O.2ClH/c17-13(11-2-1-4-14-7-11)16-5-3-10-6-15-8-12(10)9-16;;/h1-2,4,7,10,12,15H,3,5-6,8-9H2;2*1H. The summed E-state index contributed by atoms with van der Waals surface area (Å²) in [7, 11) is 0. The van der Waals surface area contributed by atoms with Crippen molar-refractivity contribution in [3.05, 3.63) is 30.1 Å². The van der Waals surface area contributed by atoms with Crippen LogP contribution in [0.25, 0.3) is 0 Å². The van der Waals surface area contributed by atoms with E-state index in [1.807, 2.05) is 17.0 Å². The van der Waals surface area contributed by atoms with E-state index < -0.39 is 0 Å². The lowest BCUT2D eigenvalue weighted by atomic mass is 9.88. The van der Waals surface area contributed by atoms with Crippen molar-refractivity contribution in [2.24, 2.45) is 11.8 Å². The number of carbonyl (C=O) groups excluding carboxylic acids is 1. The molecule has 1 aromatic heterocycles. The van der Waals surface area contributed by atoms with Crippen molar-refractivity contribution in [2.45, 2.75) is 6.42 Å². The van der Waals surface area contributed by atoms with Crippen molar-refractivity contribution < 1.29 is 4.79 Å². The van der Waals surface area contributed by atoms with Gasteiger partial charge in [0, 0.05) is 25.5 Å². The minimum absolute atomic E-state index is 0. The molecule has 1 N–H and O–H groups in total. The molecule has 0 bridgehead atoms. The molecule has 2 atom stereocenters. The summed E-state index contributed by atoms with van der Waals surface area (Å²) >= 11 is 0. The second-order valence-corrected chi connectivity index (χ2v) is 4.96. The number of piperidine rings is 1. The molecule has 6 heteroatoms. The molecule has 19 heavy (non-hydrogen) atoms. The van der Waals surface area contributed by atoms with Gasteiger partial charge in [-0.1, -0.05) is 0 Å². The van der Waals surface area contributed by atoms with Crippen molar-refractivity contribution in [1.29, 1.82) is 0 Å². The van der Waals surface area contributed by atoms with Crippen LogP contribution in [0.1, 0.15) is 16.8 Å². The van der Waals surface area contributed by atoms with Crippen LogP contribution in [0.4, 0.5) is 0 Å². The monoisotopic (exact) mass is 303 g/mol. The first kappa shape index (κ1) is 16.2. The van der Waals surface area contributed by atoms with Crippen LogP contribution in [0.15, 0.2) is 24.5 Å². The van der Waals surface area contributed by atoms with Gasteiger partial charge in [-0.3, -0.25) is 9.78 Å². The van der Waals surface area contributed by atoms with E-state index in [0.717, 1.165) is 38.5 Å². The molecule has 3 rings (SSSR count). The van der Waals surface area contributed by atoms with Crippen molar-refractivity contribution in [2.75, 3.05) is 26.2 Å². The molecule has 2 aliphatic rings. The molecule has 1 aromatic rings. The van der Waals surface area contributed by atoms with Crippen LogP contribution in [0.3, 0.4) is 0 Å². The summed E-state index contributed by atoms with van der Waals surface area (Å²) in [6.45, 7) is 3.96. The number of carbonyl (C=O) groups is 1. The van der Waals surface area contributed by atoms with Gasteiger partial charge in [-0.2, -0.15) is 0 Å². The minimum Gasteiger partial charge on any atom is -0.338 e. The van der Waals surface area contributed by atoms with E-state index in [4.69, 9.17) is 0 Å². The Bertz CT molecular complexity index is 416. The van der Waals surface area contributed by atoms with Crippen molar-refractivity contribution in [3.8, 4) is 0 Å². The molecule has 2 unspecified atom stereocenters. The SMILES string of the molecule is Cl.Cl.O=C(c1cccnc1)N1CCC2CNCC2C1. The van der Waals surface area contributed by atoms with Crippen LogP contribution in [-0.4, -0.2) is 42.0 Å². The zero-order valence-electron chi connectivity index (χ0n) is 10.6. The number of amides is 1. The Labute approximate surface area is 125 Å². The van der Waals surface area contributed by atoms with Gasteiger partial charge in [0.25, 0.3) is 5.91 Å². The highest BCUT2D eigenvalue weighted by Crippen LogP contribution is 2.27. The maximum absolute atomic E-state index is 12.3. The summed E-state index contributed by atoms with van der Waals surface area (Å²) in [6, 6.07) is 3.66. The Morgan fingerprint density at radius 3 is 2.84 bits per heavy atom. The molecular formula is C13H19Cl2N3O. The number of halogens is 2. The molecule has 3 heterocycles. The topological polar surface area (TPSA) is 45.2 Å². The minimum atomic E-state index is 0. The average molecular weight is 304 g/mol. The molecule has 0 radical (unpaired) electrons. The predicted molar refractivity (Wildman–Crippen MR) is 79.1 cm³/mol. The van der Waals surface area contributed by atoms with E-state index in [0.29, 0.717) is 11.5 Å². The Kier molecular flexibility index (Phi) is 6.04. The zero-order chi connectivity index (χ0) is 11.7. The molecule has 0 aliphatic carbocycles. The molecule has 2 saturated heterocycles. The number of aromatic nitrogens is 1. The Balaban J connectivity index is 0.000000902. The summed E-state index contributed by atoms with van der Waals surface area (Å²) in [6.07, 6.45) is 4.48. The largest absolute Gasteiger partial charge is 0.338 e. The van der Waals surface area contributed by atoms with Crippen LogP contribution in [-0.2, 0) is 0 Å². The van der Waals surface area contributed by atoms with E-state index in [9.17, 15) is 4.79 Å². The van der Waals surface area contributed by atoms with Crippen LogP contribution in [0.5, 0.6) is 0 Å². The third-order valence-electron chi connectivity index (χ3n) is 3.90. The van der Waals surface area contributed by atoms with Gasteiger partial charge in [-0.15, -0.1) is 24.8 Å². The van der Waals surface area contributed by atoms with Gasteiger partial charge in [0.15, 0.2) is 0 Å². The van der Waals surface area contributed by atoms with Crippen molar-refractivity contribution in [1.82, 2.24) is 15.2 Å². The van der Waals surface area contributed by atoms with Gasteiger partial charge >= 0.3 is 0 Å². The molecule has 2 aliphatic heterocycles. The number of nitrogens with zero attached hydrogens (tertiary/aromatic N) is 2. The van der Waals surface area contributed by atoms with Gasteiger partial charge < -0.3 is 10.2 Å². The van der Waals surface area contributed by atoms with Gasteiger partial charge in [-0.25, -0.2) is 0 Å². The van der Waals surface area contributed by atoms with Gasteiger partial charge in [0.05, 0.1) is 5.56 Å². The number of nitrogens with one attached hydrogen (secondary N) is 1. The van der Waals surface area contributed by atoms with Gasteiger partial charge in [0.2, 0.25) is 0 Å². The van der Waals surface area contributed by atoms with E-state index in [2.05, 4.69) is 10.3 Å². The Morgan fingerprint density at radius 2 is 2.11 bits per heavy atom. The number of fused-ring (bicyclic) bond motifs is 1. The maximum Gasteiger partial charge on any atom is 0.255 e. The highest BCUT2D eigenvalue weighted by atomic mass is 35.5. The summed E-state index contributed by atoms with van der Waals surface area (Å²) < 4.78 is 0. The van der Waals surface area contributed by atoms with E-state index >= 15 is 0 Å². The average Bonchev–Trinajstić information content (AvgIpc) is 2.86. The lowest BCUT2D eigenvalue weighted by Crippen LogP contribution is -2.43. The Hall–Kier alpha value is -0.840. The van der Waals surface area contributed by atoms with Crippen LogP contribution < -0.4 is 5.32 Å². The van der Waals surface area contributed by atoms with E-state index in [-0.39, 0.29) is 30.7 Å². The smallest absolute Gasteiger partial charge is 0.255 e. The molecule has 1 amide bonds. The lowest BCUT2D eigenvalue weighted by molar-refractivity contribution is 0.0642. The molecular weight excluding hydrogens is 285 g/mol. The van der Waals surface area contributed by atoms with Gasteiger partial charge in [-0.05, 0) is 43.5 Å². The molecule has 0 aromatic carbocycles. The first-order chi connectivity index (χ1) is 8.34. The van der Waals surface area contributed by atoms with Crippen molar-refractivity contribution in [3.63, 3.8) is 0 Å². The molecule has 106 valence electrons. The van der Waals surface area contributed by atoms with Crippen LogP contribution in [0, 0.1) is 11.8 Å². The summed E-state index contributed by atoms with van der Waals surface area (Å²) in [4.78, 5) is 18.2.